The van der Waals surface area contributed by atoms with Crippen molar-refractivity contribution in [1.82, 2.24) is 24.7 Å². The van der Waals surface area contributed by atoms with E-state index in [2.05, 4.69) is 30.0 Å². The summed E-state index contributed by atoms with van der Waals surface area (Å²) >= 11 is 0. The fraction of sp³-hybridized carbons (Fsp3) is 0.353. The van der Waals surface area contributed by atoms with E-state index >= 15 is 0 Å². The molecule has 1 fully saturated rings. The fourth-order valence-corrected chi connectivity index (χ4v) is 3.86. The molecule has 1 saturated carbocycles. The molecule has 3 N–H and O–H groups in total. The van der Waals surface area contributed by atoms with Crippen molar-refractivity contribution in [2.75, 3.05) is 12.4 Å². The predicted molar refractivity (Wildman–Crippen MR) is 101 cm³/mol. The van der Waals surface area contributed by atoms with Crippen molar-refractivity contribution in [2.45, 2.75) is 36.7 Å². The summed E-state index contributed by atoms with van der Waals surface area (Å²) < 4.78 is 21.2. The Morgan fingerprint density at radius 3 is 2.88 bits per heavy atom. The summed E-state index contributed by atoms with van der Waals surface area (Å²) in [5.41, 5.74) is 2.02. The van der Waals surface area contributed by atoms with Gasteiger partial charge in [-0.3, -0.25) is 0 Å². The van der Waals surface area contributed by atoms with Crippen molar-refractivity contribution in [2.24, 2.45) is 0 Å². The van der Waals surface area contributed by atoms with Crippen LogP contribution >= 0.6 is 0 Å². The predicted octanol–water partition coefficient (Wildman–Crippen LogP) is 2.61. The van der Waals surface area contributed by atoms with Gasteiger partial charge in [0.2, 0.25) is 0 Å². The van der Waals surface area contributed by atoms with Gasteiger partial charge in [0, 0.05) is 13.1 Å². The van der Waals surface area contributed by atoms with Crippen molar-refractivity contribution in [1.29, 1.82) is 0 Å². The Balaban J connectivity index is 1.70. The molecular weight excluding hydrogens is 352 g/mol. The minimum Gasteiger partial charge on any atom is -0.488 e. The molecule has 0 spiro atoms. The monoisotopic (exact) mass is 373 g/mol. The number of thiol groups is 1. The molecular formula is C17H21N6O2S+. The number of H-pyrrole nitrogens is 1. The lowest BCUT2D eigenvalue weighted by molar-refractivity contribution is 0.211. The minimum atomic E-state index is -1.67. The number of benzene rings is 1. The quantitative estimate of drug-likeness (QED) is 0.453. The number of aromatic amines is 1. The van der Waals surface area contributed by atoms with E-state index in [1.807, 2.05) is 18.2 Å². The van der Waals surface area contributed by atoms with E-state index in [1.54, 1.807) is 13.4 Å². The second kappa shape index (κ2) is 7.38. The van der Waals surface area contributed by atoms with Crippen LogP contribution in [0.15, 0.2) is 35.7 Å². The van der Waals surface area contributed by atoms with Gasteiger partial charge in [0.25, 0.3) is 0 Å². The van der Waals surface area contributed by atoms with Crippen molar-refractivity contribution < 1.29 is 8.95 Å². The topological polar surface area (TPSA) is 105 Å². The largest absolute Gasteiger partial charge is 0.488 e. The maximum absolute atomic E-state index is 12.2. The van der Waals surface area contributed by atoms with E-state index in [9.17, 15) is 4.21 Å². The number of nitrogens with zero attached hydrogens (tertiary/aromatic N) is 3. The highest BCUT2D eigenvalue weighted by molar-refractivity contribution is 7.83. The van der Waals surface area contributed by atoms with Gasteiger partial charge in [0.1, 0.15) is 17.6 Å². The average Bonchev–Trinajstić information content (AvgIpc) is 3.34. The van der Waals surface area contributed by atoms with Crippen LogP contribution < -0.4 is 14.8 Å². The average molecular weight is 373 g/mol. The third kappa shape index (κ3) is 3.40. The zero-order valence-electron chi connectivity index (χ0n) is 14.4. The summed E-state index contributed by atoms with van der Waals surface area (Å²) in [5.74, 6) is 1.33. The first-order valence-electron chi connectivity index (χ1n) is 8.61. The molecule has 1 atom stereocenters. The van der Waals surface area contributed by atoms with E-state index in [1.165, 1.54) is 19.2 Å². The van der Waals surface area contributed by atoms with Crippen LogP contribution in [0.4, 0.5) is 11.5 Å². The van der Waals surface area contributed by atoms with Gasteiger partial charge in [-0.05, 0) is 37.8 Å². The Kier molecular flexibility index (Phi) is 4.81. The zero-order chi connectivity index (χ0) is 17.9. The van der Waals surface area contributed by atoms with E-state index in [-0.39, 0.29) is 6.10 Å². The summed E-state index contributed by atoms with van der Waals surface area (Å²) in [6.45, 7) is 0. The molecule has 26 heavy (non-hydrogen) atoms. The Morgan fingerprint density at radius 2 is 2.08 bits per heavy atom. The fourth-order valence-electron chi connectivity index (χ4n) is 3.15. The van der Waals surface area contributed by atoms with Crippen LogP contribution in [-0.4, -0.2) is 33.1 Å². The highest BCUT2D eigenvalue weighted by Gasteiger charge is 2.20. The first-order chi connectivity index (χ1) is 12.7. The van der Waals surface area contributed by atoms with Gasteiger partial charge < -0.3 is 15.0 Å². The number of fused-ring (bicyclic) bond motifs is 1. The summed E-state index contributed by atoms with van der Waals surface area (Å²) in [7, 11) is 0.00823. The van der Waals surface area contributed by atoms with E-state index in [0.717, 1.165) is 24.3 Å². The highest BCUT2D eigenvalue weighted by atomic mass is 32.2. The first kappa shape index (κ1) is 16.9. The summed E-state index contributed by atoms with van der Waals surface area (Å²) in [4.78, 5) is 16.3. The van der Waals surface area contributed by atoms with E-state index in [0.29, 0.717) is 21.9 Å². The molecule has 1 aliphatic carbocycles. The summed E-state index contributed by atoms with van der Waals surface area (Å²) in [6.07, 6.45) is 7.76. The second-order valence-electron chi connectivity index (χ2n) is 6.17. The lowest BCUT2D eigenvalue weighted by atomic mass is 10.2. The molecule has 0 bridgehead atoms. The maximum Gasteiger partial charge on any atom is 0.182 e. The van der Waals surface area contributed by atoms with Gasteiger partial charge in [-0.25, -0.2) is 15.0 Å². The lowest BCUT2D eigenvalue weighted by Gasteiger charge is -2.17. The number of anilines is 2. The highest BCUT2D eigenvalue weighted by Crippen LogP contribution is 2.34. The van der Waals surface area contributed by atoms with Crippen molar-refractivity contribution in [3.8, 4) is 5.75 Å². The Morgan fingerprint density at radius 1 is 1.23 bits per heavy atom. The smallest absolute Gasteiger partial charge is 0.182 e. The van der Waals surface area contributed by atoms with E-state index < -0.39 is 11.0 Å². The molecule has 1 aromatic carbocycles. The number of hydrogen-bond donors (Lipinski definition) is 3. The van der Waals surface area contributed by atoms with Crippen LogP contribution in [0.25, 0.3) is 11.2 Å². The maximum atomic E-state index is 12.2. The molecule has 1 aliphatic rings. The number of ether oxygens (including phenoxy) is 1. The molecule has 2 aromatic heterocycles. The van der Waals surface area contributed by atoms with Gasteiger partial charge in [-0.2, -0.15) is 0 Å². The third-order valence-corrected chi connectivity index (χ3v) is 5.63. The molecule has 0 saturated heterocycles. The first-order valence-corrected chi connectivity index (χ1v) is 9.87. The zero-order valence-corrected chi connectivity index (χ0v) is 15.3. The molecule has 1 unspecified atom stereocenters. The second-order valence-corrected chi connectivity index (χ2v) is 7.72. The molecule has 2 heterocycles. The molecule has 0 amide bonds. The third-order valence-electron chi connectivity index (χ3n) is 4.47. The van der Waals surface area contributed by atoms with Gasteiger partial charge in [-0.1, -0.05) is 4.21 Å². The molecule has 3 aromatic rings. The number of nitrogens with one attached hydrogen (secondary N) is 3. The SMILES string of the molecule is CN[SH+](=O)c1ccc(OC2CCCC2)c(Nc2ncnc3nc[nH]c23)c1. The van der Waals surface area contributed by atoms with Gasteiger partial charge in [-0.15, -0.1) is 4.72 Å². The van der Waals surface area contributed by atoms with E-state index in [4.69, 9.17) is 4.74 Å². The molecule has 4 rings (SSSR count). The van der Waals surface area contributed by atoms with Crippen LogP contribution in [0.5, 0.6) is 5.75 Å². The van der Waals surface area contributed by atoms with Crippen LogP contribution in [0, 0.1) is 0 Å². The van der Waals surface area contributed by atoms with Gasteiger partial charge in [0.15, 0.2) is 27.3 Å². The summed E-state index contributed by atoms with van der Waals surface area (Å²) in [5, 5.41) is 3.29. The van der Waals surface area contributed by atoms with Crippen LogP contribution in [0.2, 0.25) is 0 Å². The van der Waals surface area contributed by atoms with Crippen molar-refractivity contribution in [3.63, 3.8) is 0 Å². The molecule has 0 radical (unpaired) electrons. The number of aromatic nitrogens is 4. The standard InChI is InChI=1S/C17H20N6O2S/c1-18-26(24)12-6-7-14(25-11-4-2-3-5-11)13(8-12)23-17-15-16(20-9-19-15)21-10-22-17/h6-11H,2-5H2,1H3,(H,18,24)(H2,19,20,21,22,23)/p+1. The molecule has 0 aliphatic heterocycles. The number of rotatable bonds is 6. The van der Waals surface area contributed by atoms with Crippen LogP contribution in [0.1, 0.15) is 25.7 Å². The van der Waals surface area contributed by atoms with Crippen LogP contribution in [0.3, 0.4) is 0 Å². The Labute approximate surface area is 153 Å². The minimum absolute atomic E-state index is 0.219. The van der Waals surface area contributed by atoms with Crippen LogP contribution in [-0.2, 0) is 15.2 Å². The van der Waals surface area contributed by atoms with Gasteiger partial charge in [0.05, 0.1) is 18.1 Å². The van der Waals surface area contributed by atoms with Crippen molar-refractivity contribution >= 4 is 33.7 Å². The normalized spacial score (nSPS) is 16.0. The Bertz CT molecular complexity index is 938. The lowest BCUT2D eigenvalue weighted by Crippen LogP contribution is -2.13. The molecule has 136 valence electrons. The molecule has 8 nitrogen and oxygen atoms in total. The Hall–Kier alpha value is -2.52. The van der Waals surface area contributed by atoms with Gasteiger partial charge >= 0.3 is 0 Å². The summed E-state index contributed by atoms with van der Waals surface area (Å²) in [6, 6.07) is 5.53. The number of imidazole rings is 1. The molecule has 9 heteroatoms. The van der Waals surface area contributed by atoms with Crippen molar-refractivity contribution in [3.05, 3.63) is 30.9 Å². The number of hydrogen-bond acceptors (Lipinski definition) is 6.